The first-order valence-electron chi connectivity index (χ1n) is 11.2. The number of benzene rings is 1. The van der Waals surface area contributed by atoms with E-state index in [1.54, 1.807) is 18.2 Å². The van der Waals surface area contributed by atoms with Crippen molar-refractivity contribution in [3.05, 3.63) is 23.8 Å². The topological polar surface area (TPSA) is 123 Å². The van der Waals surface area contributed by atoms with Gasteiger partial charge in [0, 0.05) is 30.3 Å². The number of aldehydes is 1. The quantitative estimate of drug-likeness (QED) is 0.149. The molecule has 0 heterocycles. The Kier molecular flexibility index (Phi) is 12.2. The molecule has 1 unspecified atom stereocenters. The average Bonchev–Trinajstić information content (AvgIpc) is 2.72. The van der Waals surface area contributed by atoms with Crippen LogP contribution in [0.1, 0.15) is 68.1 Å². The minimum Gasteiger partial charge on any atom is -0.780 e. The molecular formula is C22H34N2O6PS-. The van der Waals surface area contributed by atoms with Gasteiger partial charge in [-0.05, 0) is 50.2 Å². The highest BCUT2D eigenvalue weighted by Gasteiger charge is 2.19. The van der Waals surface area contributed by atoms with Crippen LogP contribution in [0, 0.1) is 5.92 Å². The molecule has 1 amide bonds. The lowest BCUT2D eigenvalue weighted by atomic mass is 9.86. The third-order valence-electron chi connectivity index (χ3n) is 5.34. The number of unbranched alkanes of at least 4 members (excludes halogenated alkanes) is 3. The Morgan fingerprint density at radius 3 is 2.66 bits per heavy atom. The summed E-state index contributed by atoms with van der Waals surface area (Å²) in [4.78, 5) is 34.6. The summed E-state index contributed by atoms with van der Waals surface area (Å²) < 4.78 is 16.1. The van der Waals surface area contributed by atoms with E-state index < -0.39 is 6.72 Å². The maximum absolute atomic E-state index is 12.0. The third kappa shape index (κ3) is 10.9. The molecule has 0 bridgehead atoms. The lowest BCUT2D eigenvalue weighted by Gasteiger charge is -2.32. The molecule has 0 aromatic heterocycles. The number of rotatable bonds is 17. The first-order chi connectivity index (χ1) is 15.4. The normalized spacial score (nSPS) is 15.5. The van der Waals surface area contributed by atoms with Crippen molar-refractivity contribution in [2.75, 3.05) is 32.1 Å². The van der Waals surface area contributed by atoms with E-state index in [4.69, 9.17) is 31.3 Å². The fourth-order valence-corrected chi connectivity index (χ4v) is 4.37. The van der Waals surface area contributed by atoms with Crippen LogP contribution in [0.4, 0.5) is 5.69 Å². The number of nitrogen functional groups attached to an aromatic ring is 1. The Labute approximate surface area is 195 Å². The predicted molar refractivity (Wildman–Crippen MR) is 126 cm³/mol. The number of hydrogen-bond donors (Lipinski definition) is 2. The molecule has 1 saturated carbocycles. The van der Waals surface area contributed by atoms with Crippen LogP contribution in [0.25, 0.3) is 0 Å². The molecule has 1 aliphatic carbocycles. The van der Waals surface area contributed by atoms with E-state index >= 15 is 0 Å². The molecule has 3 N–H and O–H groups in total. The van der Waals surface area contributed by atoms with Crippen LogP contribution in [0.2, 0.25) is 0 Å². The summed E-state index contributed by atoms with van der Waals surface area (Å²) in [5.74, 6) is 1.05. The van der Waals surface area contributed by atoms with Crippen molar-refractivity contribution in [2.24, 2.45) is 5.92 Å². The molecule has 32 heavy (non-hydrogen) atoms. The summed E-state index contributed by atoms with van der Waals surface area (Å²) in [6.07, 6.45) is 8.59. The van der Waals surface area contributed by atoms with Crippen molar-refractivity contribution in [1.29, 1.82) is 0 Å². The first-order valence-corrected chi connectivity index (χ1v) is 13.8. The fraction of sp³-hybridized carbons (Fsp3) is 0.636. The van der Waals surface area contributed by atoms with Crippen LogP contribution in [0.3, 0.4) is 0 Å². The second-order valence-electron chi connectivity index (χ2n) is 8.00. The van der Waals surface area contributed by atoms with E-state index in [0.29, 0.717) is 68.4 Å². The standard InChI is InChI=1S/C22H35N2O6PS/c23-21-15-20(11-10-19(21)16-25)28-13-6-9-22(26)24-12-3-1-2-4-14-29-31(27,32)30-17-18-7-5-8-18/h10-11,15-16,18H,1-9,12-14,17,23H2,(H,24,26)(H,27,32)/p-1. The number of amides is 1. The van der Waals surface area contributed by atoms with Gasteiger partial charge in [-0.25, -0.2) is 0 Å². The van der Waals surface area contributed by atoms with Gasteiger partial charge in [0.05, 0.1) is 19.8 Å². The number of ether oxygens (including phenoxy) is 1. The van der Waals surface area contributed by atoms with Gasteiger partial charge in [-0.15, -0.1) is 0 Å². The number of anilines is 1. The van der Waals surface area contributed by atoms with Crippen molar-refractivity contribution >= 4 is 36.4 Å². The van der Waals surface area contributed by atoms with E-state index in [-0.39, 0.29) is 5.91 Å². The molecule has 10 heteroatoms. The summed E-state index contributed by atoms with van der Waals surface area (Å²) in [7, 11) is 0. The molecule has 1 fully saturated rings. The minimum atomic E-state index is -3.34. The van der Waals surface area contributed by atoms with Gasteiger partial charge in [0.1, 0.15) is 12.5 Å². The van der Waals surface area contributed by atoms with Gasteiger partial charge in [-0.3, -0.25) is 9.59 Å². The summed E-state index contributed by atoms with van der Waals surface area (Å²) in [5, 5.41) is 2.89. The van der Waals surface area contributed by atoms with E-state index in [1.807, 2.05) is 0 Å². The van der Waals surface area contributed by atoms with Crippen LogP contribution < -0.4 is 20.7 Å². The molecule has 1 atom stereocenters. The monoisotopic (exact) mass is 485 g/mol. The zero-order valence-electron chi connectivity index (χ0n) is 18.5. The second-order valence-corrected chi connectivity index (χ2v) is 10.8. The Morgan fingerprint density at radius 2 is 1.97 bits per heavy atom. The Hall–Kier alpha value is -1.51. The summed E-state index contributed by atoms with van der Waals surface area (Å²) in [6.45, 7) is -1.56. The van der Waals surface area contributed by atoms with Crippen molar-refractivity contribution in [3.8, 4) is 5.75 Å². The van der Waals surface area contributed by atoms with Crippen LogP contribution in [-0.2, 0) is 25.6 Å². The van der Waals surface area contributed by atoms with Crippen LogP contribution in [0.15, 0.2) is 18.2 Å². The van der Waals surface area contributed by atoms with Crippen LogP contribution in [0.5, 0.6) is 5.75 Å². The zero-order valence-corrected chi connectivity index (χ0v) is 20.2. The smallest absolute Gasteiger partial charge is 0.220 e. The molecule has 0 aliphatic heterocycles. The largest absolute Gasteiger partial charge is 0.780 e. The highest BCUT2D eigenvalue weighted by atomic mass is 32.5. The molecule has 0 radical (unpaired) electrons. The van der Waals surface area contributed by atoms with E-state index in [9.17, 15) is 14.5 Å². The number of carbonyl (C=O) groups is 2. The van der Waals surface area contributed by atoms with E-state index in [2.05, 4.69) is 5.32 Å². The minimum absolute atomic E-state index is 0.0107. The fourth-order valence-electron chi connectivity index (χ4n) is 3.14. The van der Waals surface area contributed by atoms with E-state index in [1.165, 1.54) is 6.42 Å². The van der Waals surface area contributed by atoms with Gasteiger partial charge in [0.2, 0.25) is 5.91 Å². The molecule has 0 spiro atoms. The Bertz CT molecular complexity index is 775. The summed E-state index contributed by atoms with van der Waals surface area (Å²) in [5.41, 5.74) is 6.53. The molecule has 1 aromatic rings. The van der Waals surface area contributed by atoms with Crippen molar-refractivity contribution in [3.63, 3.8) is 0 Å². The lowest BCUT2D eigenvalue weighted by molar-refractivity contribution is -0.208. The lowest BCUT2D eigenvalue weighted by Crippen LogP contribution is -2.24. The SMILES string of the molecule is Nc1cc(OCCCC(=O)NCCCCCCOP([O-])(=S)OCC2CCC2)ccc1C=O. The number of carbonyl (C=O) groups excluding carboxylic acids is 2. The summed E-state index contributed by atoms with van der Waals surface area (Å²) >= 11 is 4.91. The number of nitrogens with one attached hydrogen (secondary N) is 1. The van der Waals surface area contributed by atoms with Gasteiger partial charge < -0.3 is 29.7 Å². The highest BCUT2D eigenvalue weighted by Crippen LogP contribution is 2.41. The summed E-state index contributed by atoms with van der Waals surface area (Å²) in [6, 6.07) is 4.89. The van der Waals surface area contributed by atoms with Crippen molar-refractivity contribution in [2.45, 2.75) is 57.8 Å². The Balaban J connectivity index is 1.40. The number of hydrogen-bond acceptors (Lipinski definition) is 8. The Morgan fingerprint density at radius 1 is 1.19 bits per heavy atom. The van der Waals surface area contributed by atoms with Gasteiger partial charge in [-0.2, -0.15) is 0 Å². The highest BCUT2D eigenvalue weighted by molar-refractivity contribution is 8.06. The zero-order chi connectivity index (χ0) is 23.2. The van der Waals surface area contributed by atoms with Crippen LogP contribution in [-0.4, -0.2) is 38.6 Å². The van der Waals surface area contributed by atoms with Crippen molar-refractivity contribution < 1.29 is 28.3 Å². The molecule has 8 nitrogen and oxygen atoms in total. The molecular weight excluding hydrogens is 451 g/mol. The van der Waals surface area contributed by atoms with Gasteiger partial charge in [0.25, 0.3) is 0 Å². The maximum atomic E-state index is 12.0. The molecule has 180 valence electrons. The van der Waals surface area contributed by atoms with Gasteiger partial charge >= 0.3 is 0 Å². The maximum Gasteiger partial charge on any atom is 0.220 e. The van der Waals surface area contributed by atoms with Crippen LogP contribution >= 0.6 is 6.72 Å². The predicted octanol–water partition coefficient (Wildman–Crippen LogP) is 3.34. The number of nitrogens with two attached hydrogens (primary N) is 1. The van der Waals surface area contributed by atoms with Crippen molar-refractivity contribution in [1.82, 2.24) is 5.32 Å². The molecule has 1 aromatic carbocycles. The van der Waals surface area contributed by atoms with E-state index in [0.717, 1.165) is 38.5 Å². The molecule has 0 saturated heterocycles. The average molecular weight is 486 g/mol. The second kappa shape index (κ2) is 14.6. The van der Waals surface area contributed by atoms with Gasteiger partial charge in [0.15, 0.2) is 6.29 Å². The molecule has 2 rings (SSSR count). The first kappa shape index (κ1) is 26.7. The molecule has 1 aliphatic rings. The third-order valence-corrected chi connectivity index (χ3v) is 6.93. The van der Waals surface area contributed by atoms with Gasteiger partial charge in [-0.1, -0.05) is 31.1 Å².